The first-order chi connectivity index (χ1) is 15.7. The molecule has 2 aromatic carbocycles. The molecule has 1 aliphatic rings. The summed E-state index contributed by atoms with van der Waals surface area (Å²) in [5.74, 6) is 0. The summed E-state index contributed by atoms with van der Waals surface area (Å²) in [5.41, 5.74) is 2.04. The zero-order valence-electron chi connectivity index (χ0n) is 22.2. The van der Waals surface area contributed by atoms with Crippen molar-refractivity contribution in [1.29, 1.82) is 0 Å². The van der Waals surface area contributed by atoms with Crippen LogP contribution in [0.5, 0.6) is 0 Å². The number of hydrogen-bond acceptors (Lipinski definition) is 4. The van der Waals surface area contributed by atoms with E-state index in [0.29, 0.717) is 18.1 Å². The van der Waals surface area contributed by atoms with Crippen LogP contribution in [0.4, 0.5) is 0 Å². The van der Waals surface area contributed by atoms with Crippen molar-refractivity contribution in [2.24, 2.45) is 0 Å². The standard InChI is InChI=1S/C21H27ClN2O2/c22-20-8-6-19(7-9-20)21(18-4-2-1-3-5-18)24-12-10-23(11-13-24)14-16-26-17-15-25/h1-9,21,25H,10-17H2/t21-/m1/s1/i14D2,15D2,16D2,17D2. The molecule has 0 bridgehead atoms. The predicted molar refractivity (Wildman–Crippen MR) is 106 cm³/mol. The van der Waals surface area contributed by atoms with Crippen molar-refractivity contribution in [2.45, 2.75) is 6.04 Å². The third-order valence-corrected chi connectivity index (χ3v) is 4.58. The summed E-state index contributed by atoms with van der Waals surface area (Å²) in [7, 11) is 0. The molecule has 1 N–H and O–H groups in total. The zero-order chi connectivity index (χ0) is 25.4. The first-order valence-corrected chi connectivity index (χ1v) is 8.75. The van der Waals surface area contributed by atoms with Gasteiger partial charge in [0.1, 0.15) is 0 Å². The molecule has 0 saturated carbocycles. The molecule has 2 aromatic rings. The van der Waals surface area contributed by atoms with Gasteiger partial charge in [0.25, 0.3) is 0 Å². The summed E-state index contributed by atoms with van der Waals surface area (Å²) in [6.45, 7) is -12.0. The summed E-state index contributed by atoms with van der Waals surface area (Å²) in [5, 5.41) is 9.94. The van der Waals surface area contributed by atoms with Gasteiger partial charge in [-0.25, -0.2) is 0 Å². The number of ether oxygens (including phenoxy) is 1. The Kier molecular flexibility index (Phi) is 4.41. The van der Waals surface area contributed by atoms with Gasteiger partial charge in [-0.2, -0.15) is 0 Å². The molecule has 4 nitrogen and oxygen atoms in total. The van der Waals surface area contributed by atoms with Gasteiger partial charge < -0.3 is 9.84 Å². The van der Waals surface area contributed by atoms with Crippen molar-refractivity contribution in [3.63, 3.8) is 0 Å². The Hall–Kier alpha value is -1.43. The highest BCUT2D eigenvalue weighted by atomic mass is 35.5. The van der Waals surface area contributed by atoms with Crippen molar-refractivity contribution in [1.82, 2.24) is 9.80 Å². The van der Waals surface area contributed by atoms with Gasteiger partial charge in [-0.15, -0.1) is 0 Å². The molecule has 0 unspecified atom stereocenters. The number of nitrogens with zero attached hydrogens (tertiary/aromatic N) is 2. The molecule has 1 heterocycles. The molecular formula is C21H27ClN2O2. The van der Waals surface area contributed by atoms with Gasteiger partial charge in [-0.05, 0) is 23.3 Å². The average Bonchev–Trinajstić information content (AvgIpc) is 2.75. The number of aliphatic hydroxyl groups is 1. The quantitative estimate of drug-likeness (QED) is 0.761. The lowest BCUT2D eigenvalue weighted by molar-refractivity contribution is 0.0522. The van der Waals surface area contributed by atoms with Crippen molar-refractivity contribution in [3.05, 3.63) is 70.7 Å². The van der Waals surface area contributed by atoms with Crippen LogP contribution >= 0.6 is 11.6 Å². The Bertz CT molecular complexity index is 949. The lowest BCUT2D eigenvalue weighted by Crippen LogP contribution is -2.48. The highest BCUT2D eigenvalue weighted by Gasteiger charge is 2.26. The van der Waals surface area contributed by atoms with Crippen molar-refractivity contribution >= 4 is 11.6 Å². The van der Waals surface area contributed by atoms with Crippen LogP contribution in [0, 0.1) is 0 Å². The van der Waals surface area contributed by atoms with Crippen LogP contribution in [-0.4, -0.2) is 67.3 Å². The second kappa shape index (κ2) is 10.0. The second-order valence-corrected chi connectivity index (χ2v) is 6.35. The highest BCUT2D eigenvalue weighted by Crippen LogP contribution is 2.30. The van der Waals surface area contributed by atoms with E-state index in [1.54, 1.807) is 12.1 Å². The van der Waals surface area contributed by atoms with E-state index in [-0.39, 0.29) is 19.1 Å². The van der Waals surface area contributed by atoms with Gasteiger partial charge >= 0.3 is 0 Å². The van der Waals surface area contributed by atoms with Crippen LogP contribution in [0.2, 0.25) is 5.02 Å². The molecule has 0 spiro atoms. The minimum absolute atomic E-state index is 0.113. The Morgan fingerprint density at radius 3 is 2.27 bits per heavy atom. The molecule has 1 fully saturated rings. The maximum atomic E-state index is 9.33. The molecule has 0 radical (unpaired) electrons. The Balaban J connectivity index is 1.78. The van der Waals surface area contributed by atoms with Gasteiger partial charge in [-0.1, -0.05) is 54.1 Å². The van der Waals surface area contributed by atoms with Crippen molar-refractivity contribution in [2.75, 3.05) is 52.4 Å². The van der Waals surface area contributed by atoms with Crippen LogP contribution in [0.1, 0.15) is 28.1 Å². The molecule has 1 saturated heterocycles. The summed E-state index contributed by atoms with van der Waals surface area (Å²) in [6, 6.07) is 17.2. The lowest BCUT2D eigenvalue weighted by Gasteiger charge is -2.39. The Morgan fingerprint density at radius 2 is 1.62 bits per heavy atom. The minimum Gasteiger partial charge on any atom is -0.394 e. The first-order valence-electron chi connectivity index (χ1n) is 12.4. The largest absolute Gasteiger partial charge is 0.394 e. The fourth-order valence-electron chi connectivity index (χ4n) is 3.12. The van der Waals surface area contributed by atoms with Crippen LogP contribution < -0.4 is 0 Å². The number of hydrogen-bond donors (Lipinski definition) is 1. The van der Waals surface area contributed by atoms with Gasteiger partial charge in [-0.3, -0.25) is 9.80 Å². The summed E-state index contributed by atoms with van der Waals surface area (Å²) < 4.78 is 66.4. The number of benzene rings is 2. The molecule has 5 heteroatoms. The van der Waals surface area contributed by atoms with E-state index in [4.69, 9.17) is 22.6 Å². The summed E-state index contributed by atoms with van der Waals surface area (Å²) in [4.78, 5) is 3.35. The van der Waals surface area contributed by atoms with E-state index in [9.17, 15) is 5.11 Å². The molecular weight excluding hydrogens is 348 g/mol. The SMILES string of the molecule is [2H]C([2H])(O)C([2H])([2H])OC([2H])([2H])C([2H])([2H])N1CCN([C@H](c2ccccc2)c2ccc(Cl)cc2)CC1. The topological polar surface area (TPSA) is 35.9 Å². The molecule has 0 aromatic heterocycles. The third kappa shape index (κ3) is 5.29. The fraction of sp³-hybridized carbons (Fsp3) is 0.429. The molecule has 1 atom stereocenters. The highest BCUT2D eigenvalue weighted by molar-refractivity contribution is 6.30. The summed E-state index contributed by atoms with van der Waals surface area (Å²) >= 11 is 6.06. The van der Waals surface area contributed by atoms with Crippen LogP contribution in [0.3, 0.4) is 0 Å². The molecule has 0 amide bonds. The van der Waals surface area contributed by atoms with Crippen molar-refractivity contribution < 1.29 is 20.8 Å². The molecule has 26 heavy (non-hydrogen) atoms. The normalized spacial score (nSPS) is 24.1. The smallest absolute Gasteiger partial charge is 0.0698 e. The Labute approximate surface area is 172 Å². The zero-order valence-corrected chi connectivity index (χ0v) is 15.0. The maximum absolute atomic E-state index is 9.33. The van der Waals surface area contributed by atoms with E-state index in [0.717, 1.165) is 11.1 Å². The van der Waals surface area contributed by atoms with E-state index in [1.807, 2.05) is 42.5 Å². The third-order valence-electron chi connectivity index (χ3n) is 4.33. The van der Waals surface area contributed by atoms with Gasteiger partial charge in [0.15, 0.2) is 0 Å². The van der Waals surface area contributed by atoms with Gasteiger partial charge in [0.2, 0.25) is 0 Å². The number of piperazine rings is 1. The van der Waals surface area contributed by atoms with E-state index in [2.05, 4.69) is 9.64 Å². The number of halogens is 1. The van der Waals surface area contributed by atoms with E-state index >= 15 is 0 Å². The number of rotatable bonds is 8. The molecule has 140 valence electrons. The van der Waals surface area contributed by atoms with Crippen molar-refractivity contribution in [3.8, 4) is 0 Å². The maximum Gasteiger partial charge on any atom is 0.0698 e. The Morgan fingerprint density at radius 1 is 0.962 bits per heavy atom. The van der Waals surface area contributed by atoms with Crippen LogP contribution in [-0.2, 0) is 4.74 Å². The second-order valence-electron chi connectivity index (χ2n) is 5.92. The van der Waals surface area contributed by atoms with Gasteiger partial charge in [0.05, 0.1) is 33.9 Å². The van der Waals surface area contributed by atoms with Gasteiger partial charge in [0, 0.05) is 40.4 Å². The van der Waals surface area contributed by atoms with E-state index in [1.165, 1.54) is 4.90 Å². The van der Waals surface area contributed by atoms with Crippen LogP contribution in [0.15, 0.2) is 54.6 Å². The average molecular weight is 383 g/mol. The molecule has 0 aliphatic carbocycles. The minimum atomic E-state index is -3.52. The predicted octanol–water partition coefficient (Wildman–Crippen LogP) is 3.06. The fourth-order valence-corrected chi connectivity index (χ4v) is 3.25. The monoisotopic (exact) mass is 382 g/mol. The summed E-state index contributed by atoms with van der Waals surface area (Å²) in [6.07, 6.45) is 0. The molecule has 3 rings (SSSR count). The lowest BCUT2D eigenvalue weighted by atomic mass is 9.96. The first kappa shape index (κ1) is 11.4. The molecule has 1 aliphatic heterocycles. The van der Waals surface area contributed by atoms with E-state index < -0.39 is 26.2 Å². The van der Waals surface area contributed by atoms with Crippen LogP contribution in [0.25, 0.3) is 0 Å².